The first kappa shape index (κ1) is 11.4. The van der Waals surface area contributed by atoms with E-state index in [1.807, 2.05) is 26.8 Å². The number of aromatic nitrogens is 2. The summed E-state index contributed by atoms with van der Waals surface area (Å²) in [6.45, 7) is 10.0. The fraction of sp³-hybridized carbons (Fsp3) is 0.333. The molecule has 1 aromatic rings. The zero-order chi connectivity index (χ0) is 11.3. The van der Waals surface area contributed by atoms with Crippen molar-refractivity contribution < 1.29 is 4.74 Å². The van der Waals surface area contributed by atoms with Gasteiger partial charge in [-0.2, -0.15) is 4.98 Å². The Labute approximate surface area is 90.5 Å². The Bertz CT molecular complexity index is 383. The van der Waals surface area contributed by atoms with E-state index in [2.05, 4.69) is 16.5 Å². The predicted molar refractivity (Wildman–Crippen MR) is 61.8 cm³/mol. The van der Waals surface area contributed by atoms with Crippen LogP contribution in [0.4, 0.5) is 0 Å². The summed E-state index contributed by atoms with van der Waals surface area (Å²) in [4.78, 5) is 8.42. The lowest BCUT2D eigenvalue weighted by Gasteiger charge is -2.09. The average Bonchev–Trinajstić information content (AvgIpc) is 2.18. The fourth-order valence-electron chi connectivity index (χ4n) is 1.23. The molecule has 0 unspecified atom stereocenters. The topological polar surface area (TPSA) is 35.0 Å². The van der Waals surface area contributed by atoms with Crippen LogP contribution in [-0.2, 0) is 0 Å². The minimum atomic E-state index is 0.602. The van der Waals surface area contributed by atoms with Crippen LogP contribution < -0.4 is 4.74 Å². The van der Waals surface area contributed by atoms with E-state index < -0.39 is 0 Å². The summed E-state index contributed by atoms with van der Waals surface area (Å²) in [6.07, 6.45) is 5.43. The molecular weight excluding hydrogens is 188 g/mol. The zero-order valence-electron chi connectivity index (χ0n) is 9.45. The van der Waals surface area contributed by atoms with Gasteiger partial charge < -0.3 is 4.74 Å². The molecule has 0 fully saturated rings. The number of rotatable bonds is 4. The number of ether oxygens (including phenoxy) is 1. The smallest absolute Gasteiger partial charge is 0.224 e. The molecule has 0 spiro atoms. The SMILES string of the molecule is C=C/C=C(\C)c1cnc(C)nc1OCC. The van der Waals surface area contributed by atoms with Gasteiger partial charge in [0.25, 0.3) is 0 Å². The van der Waals surface area contributed by atoms with Gasteiger partial charge in [0, 0.05) is 6.20 Å². The third-order valence-electron chi connectivity index (χ3n) is 1.95. The van der Waals surface area contributed by atoms with E-state index >= 15 is 0 Å². The Kier molecular flexibility index (Phi) is 4.03. The summed E-state index contributed by atoms with van der Waals surface area (Å²) in [5.74, 6) is 1.36. The lowest BCUT2D eigenvalue weighted by Crippen LogP contribution is -2.01. The molecule has 15 heavy (non-hydrogen) atoms. The second-order valence-electron chi connectivity index (χ2n) is 3.15. The quantitative estimate of drug-likeness (QED) is 0.707. The highest BCUT2D eigenvalue weighted by Gasteiger charge is 2.07. The van der Waals surface area contributed by atoms with Gasteiger partial charge in [0.1, 0.15) is 5.82 Å². The first-order chi connectivity index (χ1) is 7.19. The van der Waals surface area contributed by atoms with E-state index in [0.29, 0.717) is 18.3 Å². The summed E-state index contributed by atoms with van der Waals surface area (Å²) in [5.41, 5.74) is 1.97. The molecule has 80 valence electrons. The molecule has 1 rings (SSSR count). The molecule has 0 bridgehead atoms. The highest BCUT2D eigenvalue weighted by atomic mass is 16.5. The van der Waals surface area contributed by atoms with Crippen molar-refractivity contribution in [1.29, 1.82) is 0 Å². The minimum absolute atomic E-state index is 0.602. The Balaban J connectivity index is 3.15. The highest BCUT2D eigenvalue weighted by molar-refractivity contribution is 5.68. The van der Waals surface area contributed by atoms with Crippen LogP contribution in [0.25, 0.3) is 5.57 Å². The number of aryl methyl sites for hydroxylation is 1. The number of allylic oxidation sites excluding steroid dienone is 3. The maximum atomic E-state index is 5.46. The van der Waals surface area contributed by atoms with Crippen molar-refractivity contribution in [3.63, 3.8) is 0 Å². The van der Waals surface area contributed by atoms with E-state index in [1.54, 1.807) is 12.3 Å². The molecule has 0 aliphatic heterocycles. The van der Waals surface area contributed by atoms with Crippen molar-refractivity contribution >= 4 is 5.57 Å². The van der Waals surface area contributed by atoms with Crippen LogP contribution in [0.15, 0.2) is 24.9 Å². The molecule has 0 aliphatic carbocycles. The fourth-order valence-corrected chi connectivity index (χ4v) is 1.23. The molecule has 1 aromatic heterocycles. The van der Waals surface area contributed by atoms with Gasteiger partial charge in [-0.15, -0.1) is 0 Å². The predicted octanol–water partition coefficient (Wildman–Crippen LogP) is 2.77. The molecule has 0 radical (unpaired) electrons. The summed E-state index contributed by atoms with van der Waals surface area (Å²) in [7, 11) is 0. The Hall–Kier alpha value is -1.64. The average molecular weight is 204 g/mol. The number of hydrogen-bond donors (Lipinski definition) is 0. The summed E-state index contributed by atoms with van der Waals surface area (Å²) >= 11 is 0. The van der Waals surface area contributed by atoms with Crippen molar-refractivity contribution in [2.45, 2.75) is 20.8 Å². The third kappa shape index (κ3) is 2.91. The largest absolute Gasteiger partial charge is 0.477 e. The molecule has 0 amide bonds. The maximum Gasteiger partial charge on any atom is 0.224 e. The normalized spacial score (nSPS) is 11.3. The van der Waals surface area contributed by atoms with Gasteiger partial charge in [-0.1, -0.05) is 18.7 Å². The van der Waals surface area contributed by atoms with Crippen molar-refractivity contribution in [3.8, 4) is 5.88 Å². The summed E-state index contributed by atoms with van der Waals surface area (Å²) < 4.78 is 5.46. The third-order valence-corrected chi connectivity index (χ3v) is 1.95. The van der Waals surface area contributed by atoms with Gasteiger partial charge in [-0.25, -0.2) is 4.98 Å². The van der Waals surface area contributed by atoms with Crippen LogP contribution in [0.5, 0.6) is 5.88 Å². The molecule has 0 aliphatic rings. The summed E-state index contributed by atoms with van der Waals surface area (Å²) in [6, 6.07) is 0. The molecule has 1 heterocycles. The second kappa shape index (κ2) is 5.29. The van der Waals surface area contributed by atoms with Gasteiger partial charge in [0.05, 0.1) is 12.2 Å². The first-order valence-corrected chi connectivity index (χ1v) is 4.95. The van der Waals surface area contributed by atoms with Crippen LogP contribution in [0.2, 0.25) is 0 Å². The molecule has 0 saturated carbocycles. The van der Waals surface area contributed by atoms with Gasteiger partial charge >= 0.3 is 0 Å². The maximum absolute atomic E-state index is 5.46. The Morgan fingerprint density at radius 3 is 2.93 bits per heavy atom. The molecule has 0 aromatic carbocycles. The highest BCUT2D eigenvalue weighted by Crippen LogP contribution is 2.22. The standard InChI is InChI=1S/C12H16N2O/c1-5-7-9(3)11-8-13-10(4)14-12(11)15-6-2/h5,7-8H,1,6H2,2-4H3/b9-7+. The zero-order valence-corrected chi connectivity index (χ0v) is 9.45. The van der Waals surface area contributed by atoms with Crippen molar-refractivity contribution in [3.05, 3.63) is 36.3 Å². The summed E-state index contributed by atoms with van der Waals surface area (Å²) in [5, 5.41) is 0. The van der Waals surface area contributed by atoms with Crippen LogP contribution in [0.1, 0.15) is 25.2 Å². The monoisotopic (exact) mass is 204 g/mol. The minimum Gasteiger partial charge on any atom is -0.477 e. The molecule has 0 atom stereocenters. The van der Waals surface area contributed by atoms with Crippen molar-refractivity contribution in [2.75, 3.05) is 6.61 Å². The first-order valence-electron chi connectivity index (χ1n) is 4.95. The van der Waals surface area contributed by atoms with Crippen LogP contribution in [-0.4, -0.2) is 16.6 Å². The van der Waals surface area contributed by atoms with E-state index in [1.165, 1.54) is 0 Å². The Morgan fingerprint density at radius 2 is 2.33 bits per heavy atom. The molecule has 0 saturated heterocycles. The Morgan fingerprint density at radius 1 is 1.60 bits per heavy atom. The van der Waals surface area contributed by atoms with E-state index in [4.69, 9.17) is 4.74 Å². The van der Waals surface area contributed by atoms with E-state index in [-0.39, 0.29) is 0 Å². The van der Waals surface area contributed by atoms with Gasteiger partial charge in [0.15, 0.2) is 0 Å². The van der Waals surface area contributed by atoms with Crippen molar-refractivity contribution in [1.82, 2.24) is 9.97 Å². The van der Waals surface area contributed by atoms with E-state index in [9.17, 15) is 0 Å². The molecule has 3 heteroatoms. The lowest BCUT2D eigenvalue weighted by molar-refractivity contribution is 0.324. The molecular formula is C12H16N2O. The second-order valence-corrected chi connectivity index (χ2v) is 3.15. The molecule has 0 N–H and O–H groups in total. The molecule has 3 nitrogen and oxygen atoms in total. The lowest BCUT2D eigenvalue weighted by atomic mass is 10.1. The van der Waals surface area contributed by atoms with Gasteiger partial charge in [0.2, 0.25) is 5.88 Å². The van der Waals surface area contributed by atoms with Crippen LogP contribution >= 0.6 is 0 Å². The van der Waals surface area contributed by atoms with Crippen LogP contribution in [0.3, 0.4) is 0 Å². The number of hydrogen-bond acceptors (Lipinski definition) is 3. The van der Waals surface area contributed by atoms with Gasteiger partial charge in [-0.05, 0) is 26.3 Å². The van der Waals surface area contributed by atoms with Crippen molar-refractivity contribution in [2.24, 2.45) is 0 Å². The van der Waals surface area contributed by atoms with E-state index in [0.717, 1.165) is 11.1 Å². The van der Waals surface area contributed by atoms with Crippen LogP contribution in [0, 0.1) is 6.92 Å². The van der Waals surface area contributed by atoms with Gasteiger partial charge in [-0.3, -0.25) is 0 Å². The number of nitrogens with zero attached hydrogens (tertiary/aromatic N) is 2.